The van der Waals surface area contributed by atoms with Gasteiger partial charge >= 0.3 is 0 Å². The molecule has 0 bridgehead atoms. The Morgan fingerprint density at radius 1 is 0.848 bits per heavy atom. The summed E-state index contributed by atoms with van der Waals surface area (Å²) >= 11 is 1.74. The fourth-order valence-electron chi connectivity index (χ4n) is 4.92. The van der Waals surface area contributed by atoms with Crippen molar-refractivity contribution < 1.29 is 4.92 Å². The summed E-state index contributed by atoms with van der Waals surface area (Å²) < 4.78 is 0. The van der Waals surface area contributed by atoms with Crippen LogP contribution in [0, 0.1) is 10.1 Å². The van der Waals surface area contributed by atoms with Crippen molar-refractivity contribution in [2.24, 2.45) is 0 Å². The van der Waals surface area contributed by atoms with Gasteiger partial charge in [-0.05, 0) is 47.5 Å². The number of benzene rings is 4. The molecule has 2 aliphatic heterocycles. The molecule has 0 saturated carbocycles. The molecule has 0 fully saturated rings. The van der Waals surface area contributed by atoms with Gasteiger partial charge in [0.05, 0.1) is 22.0 Å². The third kappa shape index (κ3) is 2.94. The molecule has 0 radical (unpaired) electrons. The van der Waals surface area contributed by atoms with Gasteiger partial charge in [0.2, 0.25) is 0 Å². The van der Waals surface area contributed by atoms with Crippen LogP contribution in [0.2, 0.25) is 0 Å². The average Bonchev–Trinajstić information content (AvgIpc) is 2.81. The summed E-state index contributed by atoms with van der Waals surface area (Å²) in [5.41, 5.74) is 7.18. The Hall–Kier alpha value is -3.77. The highest BCUT2D eigenvalue weighted by atomic mass is 32.2. The van der Waals surface area contributed by atoms with Gasteiger partial charge in [-0.3, -0.25) is 10.1 Å². The first-order valence-electron chi connectivity index (χ1n) is 10.8. The highest BCUT2D eigenvalue weighted by Gasteiger charge is 2.41. The number of fused-ring (bicyclic) bond motifs is 4. The smallest absolute Gasteiger partial charge is 0.292 e. The maximum absolute atomic E-state index is 11.6. The number of hydrogen-bond donors (Lipinski definition) is 1. The van der Waals surface area contributed by atoms with Gasteiger partial charge < -0.3 is 10.2 Å². The molecule has 2 heterocycles. The van der Waals surface area contributed by atoms with Crippen molar-refractivity contribution >= 4 is 45.9 Å². The van der Waals surface area contributed by atoms with E-state index in [-0.39, 0.29) is 16.0 Å². The third-order valence-electron chi connectivity index (χ3n) is 6.50. The molecule has 162 valence electrons. The predicted molar refractivity (Wildman–Crippen MR) is 134 cm³/mol. The van der Waals surface area contributed by atoms with E-state index >= 15 is 0 Å². The fraction of sp³-hybridized carbons (Fsp3) is 0.111. The maximum atomic E-state index is 11.6. The molecule has 6 heteroatoms. The highest BCUT2D eigenvalue weighted by Crippen LogP contribution is 2.60. The summed E-state index contributed by atoms with van der Waals surface area (Å²) in [5, 5.41) is 14.9. The molecule has 4 aromatic rings. The van der Waals surface area contributed by atoms with Gasteiger partial charge in [-0.15, -0.1) is 0 Å². The van der Waals surface area contributed by atoms with E-state index in [2.05, 4.69) is 84.7 Å². The SMILES string of the molecule is CC1(C)c2ccccc2N2c3ccccc3Sc3cc(Nc4ccccc4[N+](=O)[O-])cc1c32. The van der Waals surface area contributed by atoms with E-state index in [1.54, 1.807) is 23.9 Å². The van der Waals surface area contributed by atoms with Crippen LogP contribution in [-0.4, -0.2) is 4.92 Å². The lowest BCUT2D eigenvalue weighted by Gasteiger charge is -2.45. The number of hydrogen-bond acceptors (Lipinski definition) is 5. The molecule has 0 amide bonds. The van der Waals surface area contributed by atoms with Gasteiger partial charge in [-0.1, -0.05) is 68.1 Å². The van der Waals surface area contributed by atoms with Crippen LogP contribution in [0.4, 0.5) is 34.1 Å². The summed E-state index contributed by atoms with van der Waals surface area (Å²) in [7, 11) is 0. The second-order valence-electron chi connectivity index (χ2n) is 8.82. The van der Waals surface area contributed by atoms with Crippen LogP contribution in [0.3, 0.4) is 0 Å². The van der Waals surface area contributed by atoms with E-state index in [9.17, 15) is 10.1 Å². The van der Waals surface area contributed by atoms with Crippen molar-refractivity contribution in [3.05, 3.63) is 106 Å². The van der Waals surface area contributed by atoms with Gasteiger partial charge in [0, 0.05) is 27.0 Å². The minimum atomic E-state index is -0.350. The van der Waals surface area contributed by atoms with E-state index in [0.717, 1.165) is 10.6 Å². The maximum Gasteiger partial charge on any atom is 0.292 e. The number of nitro groups is 1. The Balaban J connectivity index is 1.58. The van der Waals surface area contributed by atoms with Gasteiger partial charge in [-0.2, -0.15) is 0 Å². The normalized spacial score (nSPS) is 14.7. The molecule has 0 spiro atoms. The van der Waals surface area contributed by atoms with E-state index in [1.807, 2.05) is 6.07 Å². The molecule has 33 heavy (non-hydrogen) atoms. The van der Waals surface area contributed by atoms with Crippen LogP contribution in [0.1, 0.15) is 25.0 Å². The Kier molecular flexibility index (Phi) is 4.29. The summed E-state index contributed by atoms with van der Waals surface area (Å²) in [6, 6.07) is 28.0. The minimum Gasteiger partial charge on any atom is -0.350 e. The Morgan fingerprint density at radius 3 is 2.36 bits per heavy atom. The van der Waals surface area contributed by atoms with Crippen LogP contribution in [0.25, 0.3) is 0 Å². The second-order valence-corrected chi connectivity index (χ2v) is 9.90. The Morgan fingerprint density at radius 2 is 1.55 bits per heavy atom. The molecule has 0 unspecified atom stereocenters. The van der Waals surface area contributed by atoms with Crippen molar-refractivity contribution in [3.8, 4) is 0 Å². The number of nitrogens with zero attached hydrogens (tertiary/aromatic N) is 2. The number of anilines is 5. The van der Waals surface area contributed by atoms with E-state index in [4.69, 9.17) is 0 Å². The van der Waals surface area contributed by atoms with Crippen molar-refractivity contribution in [2.75, 3.05) is 10.2 Å². The lowest BCUT2D eigenvalue weighted by atomic mass is 9.73. The first-order chi connectivity index (χ1) is 15.9. The van der Waals surface area contributed by atoms with Gasteiger partial charge in [0.1, 0.15) is 5.69 Å². The summed E-state index contributed by atoms with van der Waals surface area (Å²) in [6.07, 6.45) is 0. The lowest BCUT2D eigenvalue weighted by Crippen LogP contribution is -2.32. The first kappa shape index (κ1) is 19.9. The standard InChI is InChI=1S/C27H21N3O2S/c1-27(2)18-9-3-5-11-21(18)29-23-13-7-8-14-24(23)33-25-16-17(15-19(27)26(25)29)28-20-10-4-6-12-22(20)30(31)32/h3-16,28H,1-2H3. The van der Waals surface area contributed by atoms with E-state index < -0.39 is 0 Å². The highest BCUT2D eigenvalue weighted by molar-refractivity contribution is 7.99. The molecule has 0 aliphatic carbocycles. The van der Waals surface area contributed by atoms with Crippen LogP contribution in [0.5, 0.6) is 0 Å². The monoisotopic (exact) mass is 451 g/mol. The van der Waals surface area contributed by atoms with Crippen molar-refractivity contribution in [3.63, 3.8) is 0 Å². The number of para-hydroxylation sites is 4. The van der Waals surface area contributed by atoms with E-state index in [1.165, 1.54) is 39.2 Å². The average molecular weight is 452 g/mol. The molecular formula is C27H21N3O2S. The molecular weight excluding hydrogens is 430 g/mol. The van der Waals surface area contributed by atoms with Crippen LogP contribution >= 0.6 is 11.8 Å². The summed E-state index contributed by atoms with van der Waals surface area (Å²) in [6.45, 7) is 4.50. The lowest BCUT2D eigenvalue weighted by molar-refractivity contribution is -0.383. The zero-order valence-corrected chi connectivity index (χ0v) is 19.0. The van der Waals surface area contributed by atoms with Crippen LogP contribution < -0.4 is 10.2 Å². The van der Waals surface area contributed by atoms with E-state index in [0.29, 0.717) is 5.69 Å². The molecule has 5 nitrogen and oxygen atoms in total. The quantitative estimate of drug-likeness (QED) is 0.223. The predicted octanol–water partition coefficient (Wildman–Crippen LogP) is 7.91. The molecule has 0 atom stereocenters. The Bertz CT molecular complexity index is 1450. The fourth-order valence-corrected chi connectivity index (χ4v) is 6.05. The number of nitrogens with one attached hydrogen (secondary N) is 1. The largest absolute Gasteiger partial charge is 0.350 e. The topological polar surface area (TPSA) is 58.4 Å². The number of rotatable bonds is 3. The van der Waals surface area contributed by atoms with Crippen molar-refractivity contribution in [2.45, 2.75) is 29.1 Å². The zero-order valence-electron chi connectivity index (χ0n) is 18.2. The third-order valence-corrected chi connectivity index (χ3v) is 7.59. The second kappa shape index (κ2) is 7.12. The molecule has 0 saturated heterocycles. The zero-order chi connectivity index (χ0) is 22.7. The van der Waals surface area contributed by atoms with Gasteiger partial charge in [0.15, 0.2) is 0 Å². The van der Waals surface area contributed by atoms with Gasteiger partial charge in [0.25, 0.3) is 5.69 Å². The Labute approximate surface area is 196 Å². The summed E-state index contributed by atoms with van der Waals surface area (Å²) in [5.74, 6) is 0. The molecule has 0 aromatic heterocycles. The summed E-state index contributed by atoms with van der Waals surface area (Å²) in [4.78, 5) is 15.9. The molecule has 2 aliphatic rings. The molecule has 4 aromatic carbocycles. The van der Waals surface area contributed by atoms with Gasteiger partial charge in [-0.25, -0.2) is 0 Å². The van der Waals surface area contributed by atoms with Crippen molar-refractivity contribution in [1.82, 2.24) is 0 Å². The number of nitro benzene ring substituents is 1. The minimum absolute atomic E-state index is 0.0631. The first-order valence-corrected chi connectivity index (χ1v) is 11.6. The van der Waals surface area contributed by atoms with Crippen molar-refractivity contribution in [1.29, 1.82) is 0 Å². The van der Waals surface area contributed by atoms with Crippen LogP contribution in [-0.2, 0) is 5.41 Å². The molecule has 6 rings (SSSR count). The van der Waals surface area contributed by atoms with Crippen LogP contribution in [0.15, 0.2) is 94.7 Å². The molecule has 1 N–H and O–H groups in total.